The smallest absolute Gasteiger partial charge is 0.254 e. The van der Waals surface area contributed by atoms with E-state index < -0.39 is 0 Å². The van der Waals surface area contributed by atoms with Gasteiger partial charge in [-0.15, -0.1) is 0 Å². The molecule has 104 valence electrons. The number of amides is 1. The topological polar surface area (TPSA) is 29.5 Å². The zero-order chi connectivity index (χ0) is 14.5. The summed E-state index contributed by atoms with van der Waals surface area (Å²) in [5.41, 5.74) is 2.98. The fourth-order valence-electron chi connectivity index (χ4n) is 2.02. The molecule has 2 rings (SSSR count). The van der Waals surface area contributed by atoms with Crippen LogP contribution < -0.4 is 4.74 Å². The van der Waals surface area contributed by atoms with Crippen molar-refractivity contribution < 1.29 is 9.53 Å². The highest BCUT2D eigenvalue weighted by Gasteiger charge is 2.12. The maximum atomic E-state index is 12.4. The zero-order valence-electron chi connectivity index (χ0n) is 12.1. The van der Waals surface area contributed by atoms with E-state index in [0.29, 0.717) is 17.9 Å². The summed E-state index contributed by atoms with van der Waals surface area (Å²) >= 11 is 0. The normalized spacial score (nSPS) is 10.2. The summed E-state index contributed by atoms with van der Waals surface area (Å²) in [6.07, 6.45) is 0. The lowest BCUT2D eigenvalue weighted by Crippen LogP contribution is -2.26. The van der Waals surface area contributed by atoms with Gasteiger partial charge in [-0.25, -0.2) is 0 Å². The van der Waals surface area contributed by atoms with Crippen LogP contribution in [0.5, 0.6) is 5.75 Å². The van der Waals surface area contributed by atoms with Crippen molar-refractivity contribution in [1.82, 2.24) is 4.90 Å². The van der Waals surface area contributed by atoms with Crippen LogP contribution in [0.25, 0.3) is 0 Å². The molecule has 0 atom stereocenters. The molecule has 0 heterocycles. The Bertz CT molecular complexity index is 590. The molecular weight excluding hydrogens is 250 g/mol. The highest BCUT2D eigenvalue weighted by molar-refractivity contribution is 5.94. The van der Waals surface area contributed by atoms with Gasteiger partial charge in [-0.3, -0.25) is 4.79 Å². The first-order chi connectivity index (χ1) is 9.60. The van der Waals surface area contributed by atoms with E-state index in [0.717, 1.165) is 5.56 Å². The van der Waals surface area contributed by atoms with Crippen LogP contribution in [0.15, 0.2) is 48.5 Å². The van der Waals surface area contributed by atoms with Gasteiger partial charge in [0, 0.05) is 19.2 Å². The van der Waals surface area contributed by atoms with E-state index in [1.165, 1.54) is 5.56 Å². The summed E-state index contributed by atoms with van der Waals surface area (Å²) in [4.78, 5) is 14.1. The molecule has 3 nitrogen and oxygen atoms in total. The second-order valence-corrected chi connectivity index (χ2v) is 4.88. The maximum absolute atomic E-state index is 12.4. The van der Waals surface area contributed by atoms with Gasteiger partial charge >= 0.3 is 0 Å². The molecule has 3 heteroatoms. The van der Waals surface area contributed by atoms with Crippen molar-refractivity contribution in [2.24, 2.45) is 0 Å². The van der Waals surface area contributed by atoms with Gasteiger partial charge in [-0.05, 0) is 30.7 Å². The van der Waals surface area contributed by atoms with Crippen molar-refractivity contribution in [2.45, 2.75) is 13.5 Å². The number of nitrogens with zero attached hydrogens (tertiary/aromatic N) is 1. The summed E-state index contributed by atoms with van der Waals surface area (Å²) < 4.78 is 5.15. The Hall–Kier alpha value is -2.29. The number of aryl methyl sites for hydroxylation is 1. The van der Waals surface area contributed by atoms with E-state index in [9.17, 15) is 4.79 Å². The number of ether oxygens (including phenoxy) is 1. The number of methoxy groups -OCH3 is 1. The molecule has 2 aromatic carbocycles. The second kappa shape index (κ2) is 6.24. The molecule has 0 N–H and O–H groups in total. The van der Waals surface area contributed by atoms with E-state index in [-0.39, 0.29) is 5.91 Å². The molecule has 0 aromatic heterocycles. The van der Waals surface area contributed by atoms with Crippen molar-refractivity contribution in [3.05, 3.63) is 65.2 Å². The Morgan fingerprint density at radius 2 is 1.85 bits per heavy atom. The highest BCUT2D eigenvalue weighted by Crippen LogP contribution is 2.15. The number of carbonyl (C=O) groups excluding carboxylic acids is 1. The van der Waals surface area contributed by atoms with E-state index in [2.05, 4.69) is 19.1 Å². The lowest BCUT2D eigenvalue weighted by Gasteiger charge is -2.17. The van der Waals surface area contributed by atoms with Gasteiger partial charge in [-0.1, -0.05) is 35.9 Å². The summed E-state index contributed by atoms with van der Waals surface area (Å²) in [6, 6.07) is 15.4. The third kappa shape index (κ3) is 3.38. The fraction of sp³-hybridized carbons (Fsp3) is 0.235. The van der Waals surface area contributed by atoms with Gasteiger partial charge in [0.15, 0.2) is 0 Å². The monoisotopic (exact) mass is 269 g/mol. The Morgan fingerprint density at radius 1 is 1.15 bits per heavy atom. The quantitative estimate of drug-likeness (QED) is 0.852. The van der Waals surface area contributed by atoms with E-state index in [1.807, 2.05) is 31.3 Å². The van der Waals surface area contributed by atoms with Crippen LogP contribution in [0.1, 0.15) is 21.5 Å². The minimum absolute atomic E-state index is 0.00975. The molecule has 0 bridgehead atoms. The molecule has 0 aliphatic carbocycles. The molecule has 0 aliphatic rings. The second-order valence-electron chi connectivity index (χ2n) is 4.88. The first-order valence-corrected chi connectivity index (χ1v) is 6.55. The van der Waals surface area contributed by atoms with Crippen LogP contribution >= 0.6 is 0 Å². The average Bonchev–Trinajstić information content (AvgIpc) is 2.48. The van der Waals surface area contributed by atoms with Crippen molar-refractivity contribution in [2.75, 3.05) is 14.2 Å². The molecule has 1 amide bonds. The summed E-state index contributed by atoms with van der Waals surface area (Å²) in [6.45, 7) is 2.64. The van der Waals surface area contributed by atoms with Gasteiger partial charge in [0.2, 0.25) is 0 Å². The Morgan fingerprint density at radius 3 is 2.50 bits per heavy atom. The number of rotatable bonds is 4. The number of carbonyl (C=O) groups is 1. The molecule has 0 saturated heterocycles. The summed E-state index contributed by atoms with van der Waals surface area (Å²) in [5, 5.41) is 0. The number of hydrogen-bond acceptors (Lipinski definition) is 2. The molecule has 2 aromatic rings. The fourth-order valence-corrected chi connectivity index (χ4v) is 2.02. The largest absolute Gasteiger partial charge is 0.497 e. The SMILES string of the molecule is COc1cccc(C(=O)N(C)Cc2ccc(C)cc2)c1. The molecule has 0 unspecified atom stereocenters. The first kappa shape index (κ1) is 14.1. The van der Waals surface area contributed by atoms with Crippen LogP contribution in [-0.4, -0.2) is 25.0 Å². The number of hydrogen-bond donors (Lipinski definition) is 0. The Kier molecular flexibility index (Phi) is 4.41. The molecule has 0 aliphatic heterocycles. The molecule has 20 heavy (non-hydrogen) atoms. The van der Waals surface area contributed by atoms with Gasteiger partial charge in [0.05, 0.1) is 7.11 Å². The van der Waals surface area contributed by atoms with E-state index in [1.54, 1.807) is 24.1 Å². The minimum Gasteiger partial charge on any atom is -0.497 e. The Labute approximate surface area is 119 Å². The number of benzene rings is 2. The van der Waals surface area contributed by atoms with Gasteiger partial charge in [0.1, 0.15) is 5.75 Å². The third-order valence-electron chi connectivity index (χ3n) is 3.20. The van der Waals surface area contributed by atoms with Gasteiger partial charge in [0.25, 0.3) is 5.91 Å². The lowest BCUT2D eigenvalue weighted by molar-refractivity contribution is 0.0784. The molecule has 0 radical (unpaired) electrons. The molecule has 0 fully saturated rings. The predicted octanol–water partition coefficient (Wildman–Crippen LogP) is 3.28. The van der Waals surface area contributed by atoms with Gasteiger partial charge < -0.3 is 9.64 Å². The zero-order valence-corrected chi connectivity index (χ0v) is 12.1. The predicted molar refractivity (Wildman–Crippen MR) is 80.0 cm³/mol. The van der Waals surface area contributed by atoms with E-state index in [4.69, 9.17) is 4.74 Å². The molecular formula is C17H19NO2. The average molecular weight is 269 g/mol. The van der Waals surface area contributed by atoms with Crippen LogP contribution in [0.2, 0.25) is 0 Å². The molecule has 0 spiro atoms. The summed E-state index contributed by atoms with van der Waals surface area (Å²) in [7, 11) is 3.40. The Balaban J connectivity index is 2.09. The van der Waals surface area contributed by atoms with Crippen molar-refractivity contribution in [3.8, 4) is 5.75 Å². The highest BCUT2D eigenvalue weighted by atomic mass is 16.5. The standard InChI is InChI=1S/C17H19NO2/c1-13-7-9-14(10-8-13)12-18(2)17(19)15-5-4-6-16(11-15)20-3/h4-11H,12H2,1-3H3. The summed E-state index contributed by atoms with van der Waals surface area (Å²) in [5.74, 6) is 0.684. The van der Waals surface area contributed by atoms with Crippen LogP contribution in [0.4, 0.5) is 0 Å². The van der Waals surface area contributed by atoms with Crippen molar-refractivity contribution in [1.29, 1.82) is 0 Å². The van der Waals surface area contributed by atoms with E-state index >= 15 is 0 Å². The lowest BCUT2D eigenvalue weighted by atomic mass is 10.1. The van der Waals surface area contributed by atoms with Crippen LogP contribution in [0.3, 0.4) is 0 Å². The first-order valence-electron chi connectivity index (χ1n) is 6.55. The van der Waals surface area contributed by atoms with Gasteiger partial charge in [-0.2, -0.15) is 0 Å². The van der Waals surface area contributed by atoms with Crippen LogP contribution in [0, 0.1) is 6.92 Å². The third-order valence-corrected chi connectivity index (χ3v) is 3.20. The molecule has 0 saturated carbocycles. The van der Waals surface area contributed by atoms with Crippen molar-refractivity contribution >= 4 is 5.91 Å². The van der Waals surface area contributed by atoms with Crippen molar-refractivity contribution in [3.63, 3.8) is 0 Å². The van der Waals surface area contributed by atoms with Crippen LogP contribution in [-0.2, 0) is 6.54 Å². The maximum Gasteiger partial charge on any atom is 0.254 e. The minimum atomic E-state index is -0.00975.